The third-order valence-electron chi connectivity index (χ3n) is 9.96. The highest BCUT2D eigenvalue weighted by atomic mass is 16.7. The molecule has 1 aromatic rings. The predicted octanol–water partition coefficient (Wildman–Crippen LogP) is 1.96. The Morgan fingerprint density at radius 3 is 2.94 bits per heavy atom. The first-order valence-corrected chi connectivity index (χ1v) is 12.4. The van der Waals surface area contributed by atoms with E-state index in [4.69, 9.17) is 4.84 Å². The number of carbonyl (C=O) groups is 2. The summed E-state index contributed by atoms with van der Waals surface area (Å²) in [6, 6.07) is 0. The van der Waals surface area contributed by atoms with E-state index in [-0.39, 0.29) is 40.7 Å². The average molecular weight is 468 g/mol. The van der Waals surface area contributed by atoms with Gasteiger partial charge in [0.15, 0.2) is 17.2 Å². The number of Topliss-reactive ketones (excluding diaryl/α,β-unsaturated/α-hetero) is 1. The van der Waals surface area contributed by atoms with E-state index in [1.54, 1.807) is 18.6 Å². The topological polar surface area (TPSA) is 116 Å². The largest absolute Gasteiger partial charge is 0.393 e. The summed E-state index contributed by atoms with van der Waals surface area (Å²) in [6.07, 6.45) is 11.1. The number of fused-ring (bicyclic) bond motifs is 7. The number of nitrogens with zero attached hydrogens (tertiary/aromatic N) is 2. The minimum atomic E-state index is -1.15. The Morgan fingerprint density at radius 1 is 1.38 bits per heavy atom. The Morgan fingerprint density at radius 2 is 2.21 bits per heavy atom. The van der Waals surface area contributed by atoms with E-state index in [1.165, 1.54) is 0 Å². The molecule has 1 aliphatic heterocycles. The SMILES string of the molecule is C[C@]12C=CC(=O)CC1=CC[C@@H]1[C@@H]2[C@@H](O)C[C@@]2(C)[C@H]1C[C@H]1CN(Cc3cnc[nH]3)O[C@]12C(=O)CO. The molecule has 0 spiro atoms. The number of hydrogen-bond donors (Lipinski definition) is 3. The standard InChI is InChI=1S/C26H33N3O5/c1-24-6-5-18(31)7-15(24)3-4-19-20-8-16-11-29(12-17-10-27-14-28-17)34-26(16,22(33)13-30)25(20,2)9-21(32)23(19)24/h3,5-6,10,14,16,19-21,23,30,32H,4,7-9,11-13H2,1-2H3,(H,27,28)/t16-,19-,20-,21-,23+,24-,25-,26-/m0/s1. The van der Waals surface area contributed by atoms with Crippen molar-refractivity contribution < 1.29 is 24.6 Å². The second-order valence-electron chi connectivity index (χ2n) is 11.4. The highest BCUT2D eigenvalue weighted by Crippen LogP contribution is 2.70. The maximum Gasteiger partial charge on any atom is 0.192 e. The molecule has 182 valence electrons. The van der Waals surface area contributed by atoms with E-state index >= 15 is 0 Å². The van der Waals surface area contributed by atoms with Gasteiger partial charge in [0.25, 0.3) is 0 Å². The van der Waals surface area contributed by atoms with E-state index < -0.39 is 23.7 Å². The second-order valence-corrected chi connectivity index (χ2v) is 11.4. The Kier molecular flexibility index (Phi) is 4.88. The Labute approximate surface area is 199 Å². The number of ketones is 2. The molecule has 8 atom stereocenters. The molecular weight excluding hydrogens is 434 g/mol. The van der Waals surface area contributed by atoms with Crippen molar-refractivity contribution in [1.82, 2.24) is 15.0 Å². The zero-order valence-electron chi connectivity index (χ0n) is 19.7. The van der Waals surface area contributed by atoms with Crippen molar-refractivity contribution >= 4 is 11.6 Å². The van der Waals surface area contributed by atoms with Gasteiger partial charge in [0.2, 0.25) is 0 Å². The Balaban J connectivity index is 1.38. The summed E-state index contributed by atoms with van der Waals surface area (Å²) >= 11 is 0. The highest BCUT2D eigenvalue weighted by Gasteiger charge is 2.74. The molecule has 34 heavy (non-hydrogen) atoms. The van der Waals surface area contributed by atoms with Gasteiger partial charge in [-0.2, -0.15) is 5.06 Å². The molecule has 5 aliphatic rings. The van der Waals surface area contributed by atoms with Gasteiger partial charge in [-0.15, -0.1) is 0 Å². The summed E-state index contributed by atoms with van der Waals surface area (Å²) < 4.78 is 0. The average Bonchev–Trinajstić information content (AvgIpc) is 3.49. The van der Waals surface area contributed by atoms with Gasteiger partial charge in [-0.3, -0.25) is 14.4 Å². The summed E-state index contributed by atoms with van der Waals surface area (Å²) in [4.78, 5) is 39.2. The number of aromatic nitrogens is 2. The van der Waals surface area contributed by atoms with Gasteiger partial charge >= 0.3 is 0 Å². The van der Waals surface area contributed by atoms with Crippen LogP contribution in [-0.4, -0.2) is 61.7 Å². The molecular formula is C26H33N3O5. The third-order valence-corrected chi connectivity index (χ3v) is 9.96. The number of rotatable bonds is 4. The first-order valence-electron chi connectivity index (χ1n) is 12.4. The molecule has 8 heteroatoms. The number of H-pyrrole nitrogens is 1. The number of carbonyl (C=O) groups excluding carboxylic acids is 2. The van der Waals surface area contributed by atoms with Crippen LogP contribution in [0.2, 0.25) is 0 Å². The van der Waals surface area contributed by atoms with Crippen LogP contribution in [-0.2, 0) is 21.0 Å². The van der Waals surface area contributed by atoms with Crippen LogP contribution in [0.5, 0.6) is 0 Å². The molecule has 1 aromatic heterocycles. The summed E-state index contributed by atoms with van der Waals surface area (Å²) in [6.45, 7) is 4.74. The molecule has 0 radical (unpaired) electrons. The van der Waals surface area contributed by atoms with Crippen molar-refractivity contribution in [2.75, 3.05) is 13.2 Å². The van der Waals surface area contributed by atoms with Crippen molar-refractivity contribution in [2.45, 2.75) is 57.8 Å². The van der Waals surface area contributed by atoms with E-state index in [1.807, 2.05) is 11.1 Å². The summed E-state index contributed by atoms with van der Waals surface area (Å²) in [5, 5.41) is 23.5. The molecule has 0 aromatic carbocycles. The number of aliphatic hydroxyl groups is 2. The number of imidazole rings is 1. The van der Waals surface area contributed by atoms with Crippen molar-refractivity contribution in [3.63, 3.8) is 0 Å². The van der Waals surface area contributed by atoms with Gasteiger partial charge in [0, 0.05) is 41.8 Å². The van der Waals surface area contributed by atoms with Crippen molar-refractivity contribution in [3.05, 3.63) is 42.0 Å². The number of hydroxylamine groups is 2. The molecule has 8 nitrogen and oxygen atoms in total. The first-order chi connectivity index (χ1) is 16.2. The van der Waals surface area contributed by atoms with Crippen LogP contribution in [0.3, 0.4) is 0 Å². The zero-order chi connectivity index (χ0) is 23.9. The molecule has 3 fully saturated rings. The molecule has 4 aliphatic carbocycles. The van der Waals surface area contributed by atoms with Crippen LogP contribution in [0.15, 0.2) is 36.3 Å². The van der Waals surface area contributed by atoms with Crippen LogP contribution < -0.4 is 0 Å². The zero-order valence-corrected chi connectivity index (χ0v) is 19.7. The lowest BCUT2D eigenvalue weighted by Crippen LogP contribution is -2.63. The molecule has 0 amide bonds. The maximum atomic E-state index is 13.5. The van der Waals surface area contributed by atoms with Gasteiger partial charge < -0.3 is 15.2 Å². The van der Waals surface area contributed by atoms with Gasteiger partial charge in [-0.25, -0.2) is 4.98 Å². The number of nitrogens with one attached hydrogen (secondary N) is 1. The lowest BCUT2D eigenvalue weighted by atomic mass is 9.47. The van der Waals surface area contributed by atoms with Gasteiger partial charge in [-0.1, -0.05) is 31.6 Å². The smallest absolute Gasteiger partial charge is 0.192 e. The third kappa shape index (κ3) is 2.77. The van der Waals surface area contributed by atoms with E-state index in [2.05, 4.69) is 29.9 Å². The van der Waals surface area contributed by atoms with Crippen molar-refractivity contribution in [2.24, 2.45) is 34.5 Å². The van der Waals surface area contributed by atoms with Crippen molar-refractivity contribution in [3.8, 4) is 0 Å². The lowest BCUT2D eigenvalue weighted by molar-refractivity contribution is -0.253. The minimum absolute atomic E-state index is 0.00359. The molecule has 0 unspecified atom stereocenters. The fourth-order valence-corrected chi connectivity index (χ4v) is 8.62. The lowest BCUT2D eigenvalue weighted by Gasteiger charge is -2.59. The number of aliphatic hydroxyl groups excluding tert-OH is 2. The minimum Gasteiger partial charge on any atom is -0.393 e. The highest BCUT2D eigenvalue weighted by molar-refractivity contribution is 5.93. The number of hydrogen-bond acceptors (Lipinski definition) is 7. The quantitative estimate of drug-likeness (QED) is 0.580. The normalized spacial score (nSPS) is 45.4. The van der Waals surface area contributed by atoms with Crippen LogP contribution in [0.4, 0.5) is 0 Å². The summed E-state index contributed by atoms with van der Waals surface area (Å²) in [5.41, 5.74) is -0.0892. The fraction of sp³-hybridized carbons (Fsp3) is 0.654. The Bertz CT molecular complexity index is 1080. The Hall–Kier alpha value is -2.13. The first kappa shape index (κ1) is 22.3. The second kappa shape index (κ2) is 7.43. The van der Waals surface area contributed by atoms with Gasteiger partial charge in [0.1, 0.15) is 6.61 Å². The fourth-order valence-electron chi connectivity index (χ4n) is 8.62. The van der Waals surface area contributed by atoms with Crippen LogP contribution >= 0.6 is 0 Å². The van der Waals surface area contributed by atoms with Crippen LogP contribution in [0.25, 0.3) is 0 Å². The molecule has 2 saturated carbocycles. The monoisotopic (exact) mass is 467 g/mol. The maximum absolute atomic E-state index is 13.5. The molecule has 2 heterocycles. The molecule has 6 rings (SSSR count). The van der Waals surface area contributed by atoms with E-state index in [0.717, 1.165) is 24.1 Å². The van der Waals surface area contributed by atoms with Crippen molar-refractivity contribution in [1.29, 1.82) is 0 Å². The van der Waals surface area contributed by atoms with Gasteiger partial charge in [-0.05, 0) is 37.2 Å². The van der Waals surface area contributed by atoms with E-state index in [0.29, 0.717) is 25.9 Å². The molecule has 0 bridgehead atoms. The molecule has 1 saturated heterocycles. The summed E-state index contributed by atoms with van der Waals surface area (Å²) in [7, 11) is 0. The van der Waals surface area contributed by atoms with Gasteiger partial charge in [0.05, 0.1) is 24.7 Å². The predicted molar refractivity (Wildman–Crippen MR) is 122 cm³/mol. The van der Waals surface area contributed by atoms with E-state index in [9.17, 15) is 19.8 Å². The summed E-state index contributed by atoms with van der Waals surface area (Å²) in [5.74, 6) is 0.122. The van der Waals surface area contributed by atoms with Crippen LogP contribution in [0, 0.1) is 34.5 Å². The number of aromatic amines is 1. The molecule has 3 N–H and O–H groups in total. The number of allylic oxidation sites excluding steroid dienone is 4. The van der Waals surface area contributed by atoms with Crippen LogP contribution in [0.1, 0.15) is 45.2 Å².